The van der Waals surface area contributed by atoms with E-state index in [2.05, 4.69) is 51.5 Å². The summed E-state index contributed by atoms with van der Waals surface area (Å²) in [7, 11) is 0. The zero-order valence-electron chi connectivity index (χ0n) is 11.2. The van der Waals surface area contributed by atoms with Gasteiger partial charge in [0.15, 0.2) is 0 Å². The normalized spacial score (nSPS) is 13.8. The van der Waals surface area contributed by atoms with Crippen LogP contribution >= 0.6 is 38.5 Å². The van der Waals surface area contributed by atoms with E-state index in [1.54, 1.807) is 0 Å². The van der Waals surface area contributed by atoms with Crippen LogP contribution in [0.1, 0.15) is 25.0 Å². The van der Waals surface area contributed by atoms with E-state index in [1.165, 1.54) is 0 Å². The molecule has 2 rings (SSSR count). The van der Waals surface area contributed by atoms with E-state index in [4.69, 9.17) is 10.5 Å². The van der Waals surface area contributed by atoms with Gasteiger partial charge in [0.05, 0.1) is 0 Å². The highest BCUT2D eigenvalue weighted by atomic mass is 127. The summed E-state index contributed by atoms with van der Waals surface area (Å²) in [4.78, 5) is 0. The maximum Gasteiger partial charge on any atom is 0.140 e. The van der Waals surface area contributed by atoms with E-state index in [9.17, 15) is 0 Å². The molecule has 0 aromatic heterocycles. The minimum atomic E-state index is -0.159. The van der Waals surface area contributed by atoms with Crippen LogP contribution in [0.25, 0.3) is 0 Å². The van der Waals surface area contributed by atoms with Crippen molar-refractivity contribution in [3.63, 3.8) is 0 Å². The van der Waals surface area contributed by atoms with Crippen LogP contribution < -0.4 is 10.5 Å². The number of rotatable bonds is 5. The van der Waals surface area contributed by atoms with Gasteiger partial charge in [-0.15, -0.1) is 0 Å². The van der Waals surface area contributed by atoms with Gasteiger partial charge in [0.2, 0.25) is 0 Å². The van der Waals surface area contributed by atoms with Crippen LogP contribution in [-0.4, -0.2) is 6.04 Å². The number of nitrogens with two attached hydrogens (primary N) is 1. The third kappa shape index (κ3) is 3.96. The number of ether oxygens (including phenoxy) is 1. The van der Waals surface area contributed by atoms with Crippen molar-refractivity contribution in [3.05, 3.63) is 62.1 Å². The van der Waals surface area contributed by atoms with Gasteiger partial charge in [-0.05, 0) is 53.3 Å². The largest absolute Gasteiger partial charge is 0.484 e. The second-order valence-electron chi connectivity index (χ2n) is 4.59. The molecule has 0 fully saturated rings. The lowest BCUT2D eigenvalue weighted by molar-refractivity contribution is 0.170. The number of halogens is 2. The Balaban J connectivity index is 2.32. The molecule has 0 saturated carbocycles. The van der Waals surface area contributed by atoms with E-state index in [0.717, 1.165) is 25.8 Å². The molecular formula is C16H17BrINO. The molecule has 0 aliphatic rings. The maximum atomic E-state index is 6.26. The van der Waals surface area contributed by atoms with Crippen LogP contribution in [0.15, 0.2) is 53.0 Å². The molecule has 106 valence electrons. The van der Waals surface area contributed by atoms with Crippen molar-refractivity contribution in [1.29, 1.82) is 0 Å². The van der Waals surface area contributed by atoms with Crippen LogP contribution in [0.5, 0.6) is 5.75 Å². The fourth-order valence-corrected chi connectivity index (χ4v) is 3.01. The number of hydrogen-bond donors (Lipinski definition) is 1. The van der Waals surface area contributed by atoms with Gasteiger partial charge >= 0.3 is 0 Å². The molecule has 2 aromatic rings. The molecule has 0 saturated heterocycles. The Morgan fingerprint density at radius 1 is 1.20 bits per heavy atom. The molecule has 0 heterocycles. The fraction of sp³-hybridized carbons (Fsp3) is 0.250. The predicted molar refractivity (Wildman–Crippen MR) is 94.9 cm³/mol. The smallest absolute Gasteiger partial charge is 0.140 e. The van der Waals surface area contributed by atoms with Gasteiger partial charge in [0.1, 0.15) is 11.9 Å². The monoisotopic (exact) mass is 445 g/mol. The molecule has 0 aliphatic heterocycles. The molecule has 2 atom stereocenters. The average Bonchev–Trinajstić information content (AvgIpc) is 2.45. The lowest BCUT2D eigenvalue weighted by Crippen LogP contribution is -2.31. The lowest BCUT2D eigenvalue weighted by atomic mass is 10.0. The molecule has 0 aliphatic carbocycles. The van der Waals surface area contributed by atoms with E-state index in [0.29, 0.717) is 0 Å². The summed E-state index contributed by atoms with van der Waals surface area (Å²) in [5.41, 5.74) is 7.34. The van der Waals surface area contributed by atoms with E-state index >= 15 is 0 Å². The molecule has 0 amide bonds. The van der Waals surface area contributed by atoms with Crippen molar-refractivity contribution in [1.82, 2.24) is 0 Å². The molecule has 2 aromatic carbocycles. The summed E-state index contributed by atoms with van der Waals surface area (Å²) in [5.74, 6) is 0.849. The Bertz CT molecular complexity index is 576. The van der Waals surface area contributed by atoms with Crippen LogP contribution in [0.3, 0.4) is 0 Å². The Labute approximate surface area is 142 Å². The van der Waals surface area contributed by atoms with Crippen molar-refractivity contribution in [2.45, 2.75) is 25.5 Å². The van der Waals surface area contributed by atoms with Crippen molar-refractivity contribution < 1.29 is 4.74 Å². The highest BCUT2D eigenvalue weighted by Gasteiger charge is 2.22. The van der Waals surface area contributed by atoms with Crippen molar-refractivity contribution >= 4 is 38.5 Å². The third-order valence-electron chi connectivity index (χ3n) is 3.13. The molecule has 2 unspecified atom stereocenters. The van der Waals surface area contributed by atoms with Crippen LogP contribution in [0.2, 0.25) is 0 Å². The van der Waals surface area contributed by atoms with Crippen LogP contribution in [0.4, 0.5) is 0 Å². The highest BCUT2D eigenvalue weighted by molar-refractivity contribution is 14.1. The summed E-state index contributed by atoms with van der Waals surface area (Å²) < 4.78 is 8.33. The van der Waals surface area contributed by atoms with E-state index in [-0.39, 0.29) is 12.1 Å². The van der Waals surface area contributed by atoms with Gasteiger partial charge in [-0.3, -0.25) is 0 Å². The topological polar surface area (TPSA) is 35.2 Å². The number of hydrogen-bond acceptors (Lipinski definition) is 2. The van der Waals surface area contributed by atoms with Crippen molar-refractivity contribution in [3.8, 4) is 5.75 Å². The predicted octanol–water partition coefficient (Wildman–Crippen LogP) is 4.91. The fourth-order valence-electron chi connectivity index (χ4n) is 1.99. The molecule has 2 nitrogen and oxygen atoms in total. The van der Waals surface area contributed by atoms with E-state index < -0.39 is 0 Å². The Kier molecular flexibility index (Phi) is 5.86. The molecular weight excluding hydrogens is 429 g/mol. The minimum absolute atomic E-state index is 0.0495. The second-order valence-corrected chi connectivity index (χ2v) is 6.69. The first-order chi connectivity index (χ1) is 9.61. The highest BCUT2D eigenvalue weighted by Crippen LogP contribution is 2.31. The summed E-state index contributed by atoms with van der Waals surface area (Å²) >= 11 is 5.86. The van der Waals surface area contributed by atoms with Crippen molar-refractivity contribution in [2.75, 3.05) is 0 Å². The summed E-state index contributed by atoms with van der Waals surface area (Å²) in [5, 5.41) is 0. The van der Waals surface area contributed by atoms with Gasteiger partial charge in [-0.2, -0.15) is 0 Å². The SMILES string of the molecule is CCC(N)C(Oc1cccc(I)c1)c1ccccc1Br. The third-order valence-corrected chi connectivity index (χ3v) is 4.52. The zero-order chi connectivity index (χ0) is 14.5. The first-order valence-corrected chi connectivity index (χ1v) is 8.41. The molecule has 4 heteroatoms. The van der Waals surface area contributed by atoms with Gasteiger partial charge in [-0.25, -0.2) is 0 Å². The Morgan fingerprint density at radius 2 is 1.95 bits per heavy atom. The molecule has 0 bridgehead atoms. The Morgan fingerprint density at radius 3 is 2.60 bits per heavy atom. The van der Waals surface area contributed by atoms with Gasteiger partial charge in [-0.1, -0.05) is 47.1 Å². The average molecular weight is 446 g/mol. The standard InChI is InChI=1S/C16H17BrINO/c1-2-15(19)16(13-8-3-4-9-14(13)17)20-12-7-5-6-11(18)10-12/h3-10,15-16H,2,19H2,1H3. The van der Waals surface area contributed by atoms with E-state index in [1.807, 2.05) is 42.5 Å². The lowest BCUT2D eigenvalue weighted by Gasteiger charge is -2.25. The first-order valence-electron chi connectivity index (χ1n) is 6.54. The summed E-state index contributed by atoms with van der Waals surface area (Å²) in [6.45, 7) is 2.08. The van der Waals surface area contributed by atoms with Crippen LogP contribution in [0, 0.1) is 3.57 Å². The minimum Gasteiger partial charge on any atom is -0.484 e. The van der Waals surface area contributed by atoms with Gasteiger partial charge < -0.3 is 10.5 Å². The molecule has 20 heavy (non-hydrogen) atoms. The number of benzene rings is 2. The van der Waals surface area contributed by atoms with Gasteiger partial charge in [0, 0.05) is 19.6 Å². The summed E-state index contributed by atoms with van der Waals surface area (Å²) in [6.07, 6.45) is 0.699. The molecule has 0 radical (unpaired) electrons. The van der Waals surface area contributed by atoms with Crippen LogP contribution in [-0.2, 0) is 0 Å². The second kappa shape index (κ2) is 7.43. The zero-order valence-corrected chi connectivity index (χ0v) is 15.0. The maximum absolute atomic E-state index is 6.26. The quantitative estimate of drug-likeness (QED) is 0.663. The first kappa shape index (κ1) is 15.8. The molecule has 0 spiro atoms. The Hall–Kier alpha value is -0.590. The summed E-state index contributed by atoms with van der Waals surface area (Å²) in [6, 6.07) is 16.0. The van der Waals surface area contributed by atoms with Crippen molar-refractivity contribution in [2.24, 2.45) is 5.73 Å². The van der Waals surface area contributed by atoms with Gasteiger partial charge in [0.25, 0.3) is 0 Å². The molecule has 2 N–H and O–H groups in total.